The predicted octanol–water partition coefficient (Wildman–Crippen LogP) is 4.03. The van der Waals surface area contributed by atoms with Gasteiger partial charge in [0.05, 0.1) is 22.2 Å². The van der Waals surface area contributed by atoms with Crippen LogP contribution in [0.5, 0.6) is 0 Å². The van der Waals surface area contributed by atoms with Gasteiger partial charge in [-0.25, -0.2) is 9.78 Å². The molecule has 8 nitrogen and oxygen atoms in total. The number of non-ortho nitro benzene ring substituents is 1. The number of ether oxygens (including phenoxy) is 1. The van der Waals surface area contributed by atoms with Crippen LogP contribution in [0.1, 0.15) is 33.6 Å². The van der Waals surface area contributed by atoms with E-state index in [0.29, 0.717) is 24.1 Å². The lowest BCUT2D eigenvalue weighted by Gasteiger charge is -2.33. The Bertz CT molecular complexity index is 868. The third-order valence-corrected chi connectivity index (χ3v) is 5.19. The molecule has 1 fully saturated rings. The molecule has 1 saturated heterocycles. The second-order valence-corrected chi connectivity index (χ2v) is 8.77. The largest absolute Gasteiger partial charge is 0.444 e. The van der Waals surface area contributed by atoms with Crippen molar-refractivity contribution in [3.63, 3.8) is 0 Å². The highest BCUT2D eigenvalue weighted by Gasteiger charge is 2.28. The van der Waals surface area contributed by atoms with Crippen LogP contribution in [0.15, 0.2) is 29.4 Å². The summed E-state index contributed by atoms with van der Waals surface area (Å²) < 4.78 is 5.46. The Hall–Kier alpha value is -2.42. The molecule has 2 heterocycles. The van der Waals surface area contributed by atoms with E-state index in [4.69, 9.17) is 4.74 Å². The highest BCUT2D eigenvalue weighted by molar-refractivity contribution is 7.99. The summed E-state index contributed by atoms with van der Waals surface area (Å²) in [6, 6.07) is 4.45. The third kappa shape index (κ3) is 5.06. The number of carbonyl (C=O) groups excluding carboxylic acids is 1. The van der Waals surface area contributed by atoms with Crippen molar-refractivity contribution in [3.05, 3.63) is 34.5 Å². The Labute approximate surface area is 161 Å². The molecular formula is C18H22N4O4S. The number of piperidine rings is 1. The smallest absolute Gasteiger partial charge is 0.410 e. The maximum atomic E-state index is 12.3. The van der Waals surface area contributed by atoms with E-state index in [1.165, 1.54) is 12.1 Å². The first-order valence-corrected chi connectivity index (χ1v) is 9.65. The summed E-state index contributed by atoms with van der Waals surface area (Å²) in [5.41, 5.74) is 0.597. The number of nitro groups is 1. The SMILES string of the molecule is CC(C)(C)OC(=O)N1CCC[C@H](Sc2cnc3cc([N+](=O)[O-])ccc3n2)C1. The quantitative estimate of drug-likeness (QED) is 0.576. The Morgan fingerprint density at radius 3 is 2.85 bits per heavy atom. The van der Waals surface area contributed by atoms with Crippen LogP contribution >= 0.6 is 11.8 Å². The zero-order chi connectivity index (χ0) is 19.6. The average molecular weight is 390 g/mol. The lowest BCUT2D eigenvalue weighted by molar-refractivity contribution is -0.384. The van der Waals surface area contributed by atoms with E-state index in [1.54, 1.807) is 28.9 Å². The first-order valence-electron chi connectivity index (χ1n) is 8.77. The van der Waals surface area contributed by atoms with E-state index >= 15 is 0 Å². The standard InChI is InChI=1S/C18H22N4O4S/c1-18(2,3)26-17(23)21-8-4-5-13(11-21)27-16-10-19-15-9-12(22(24)25)6-7-14(15)20-16/h6-7,9-10,13H,4-5,8,11H2,1-3H3/t13-/m0/s1. The fourth-order valence-corrected chi connectivity index (χ4v) is 4.00. The number of benzene rings is 1. The van der Waals surface area contributed by atoms with Crippen LogP contribution in [-0.2, 0) is 4.74 Å². The van der Waals surface area contributed by atoms with Gasteiger partial charge in [0.2, 0.25) is 0 Å². The second kappa shape index (κ2) is 7.67. The Morgan fingerprint density at radius 1 is 1.37 bits per heavy atom. The van der Waals surface area contributed by atoms with E-state index in [9.17, 15) is 14.9 Å². The van der Waals surface area contributed by atoms with Gasteiger partial charge in [0.25, 0.3) is 5.69 Å². The molecule has 1 atom stereocenters. The van der Waals surface area contributed by atoms with Gasteiger partial charge in [-0.3, -0.25) is 15.1 Å². The lowest BCUT2D eigenvalue weighted by Crippen LogP contribution is -2.43. The van der Waals surface area contributed by atoms with Crippen molar-refractivity contribution in [1.82, 2.24) is 14.9 Å². The monoisotopic (exact) mass is 390 g/mol. The number of nitro benzene ring substituents is 1. The maximum Gasteiger partial charge on any atom is 0.410 e. The molecule has 1 aliphatic rings. The number of nitrogens with zero attached hydrogens (tertiary/aromatic N) is 4. The topological polar surface area (TPSA) is 98.5 Å². The molecule has 0 spiro atoms. The number of fused-ring (bicyclic) bond motifs is 1. The number of rotatable bonds is 3. The Balaban J connectivity index is 1.68. The van der Waals surface area contributed by atoms with Crippen LogP contribution in [-0.4, -0.2) is 49.8 Å². The van der Waals surface area contributed by atoms with Crippen LogP contribution in [0, 0.1) is 10.1 Å². The molecule has 9 heteroatoms. The predicted molar refractivity (Wildman–Crippen MR) is 103 cm³/mol. The minimum atomic E-state index is -0.510. The first kappa shape index (κ1) is 19.3. The van der Waals surface area contributed by atoms with Gasteiger partial charge in [-0.05, 0) is 39.7 Å². The van der Waals surface area contributed by atoms with E-state index in [1.807, 2.05) is 20.8 Å². The molecule has 1 aliphatic heterocycles. The van der Waals surface area contributed by atoms with Crippen LogP contribution in [0.3, 0.4) is 0 Å². The van der Waals surface area contributed by atoms with Crippen LogP contribution in [0.25, 0.3) is 11.0 Å². The zero-order valence-corrected chi connectivity index (χ0v) is 16.4. The van der Waals surface area contributed by atoms with Gasteiger partial charge in [0.1, 0.15) is 10.6 Å². The van der Waals surface area contributed by atoms with Gasteiger partial charge in [-0.15, -0.1) is 0 Å². The molecule has 1 amide bonds. The van der Waals surface area contributed by atoms with Crippen molar-refractivity contribution in [2.24, 2.45) is 0 Å². The number of thioether (sulfide) groups is 1. The number of carbonyl (C=O) groups is 1. The van der Waals surface area contributed by atoms with Gasteiger partial charge in [0.15, 0.2) is 0 Å². The molecule has 0 N–H and O–H groups in total. The molecule has 27 heavy (non-hydrogen) atoms. The van der Waals surface area contributed by atoms with Crippen molar-refractivity contribution in [2.45, 2.75) is 49.5 Å². The van der Waals surface area contributed by atoms with E-state index < -0.39 is 10.5 Å². The fourth-order valence-electron chi connectivity index (χ4n) is 2.85. The van der Waals surface area contributed by atoms with E-state index in [-0.39, 0.29) is 17.0 Å². The third-order valence-electron chi connectivity index (χ3n) is 4.03. The minimum Gasteiger partial charge on any atom is -0.444 e. The molecular weight excluding hydrogens is 368 g/mol. The summed E-state index contributed by atoms with van der Waals surface area (Å²) in [6.07, 6.45) is 3.22. The number of hydrogen-bond acceptors (Lipinski definition) is 7. The normalized spacial score (nSPS) is 17.7. The Morgan fingerprint density at radius 2 is 2.15 bits per heavy atom. The molecule has 0 saturated carbocycles. The van der Waals surface area contributed by atoms with Crippen molar-refractivity contribution in [3.8, 4) is 0 Å². The van der Waals surface area contributed by atoms with Crippen LogP contribution < -0.4 is 0 Å². The van der Waals surface area contributed by atoms with Crippen LogP contribution in [0.4, 0.5) is 10.5 Å². The van der Waals surface area contributed by atoms with Gasteiger partial charge < -0.3 is 9.64 Å². The summed E-state index contributed by atoms with van der Waals surface area (Å²) in [5.74, 6) is 0. The molecule has 0 bridgehead atoms. The summed E-state index contributed by atoms with van der Waals surface area (Å²) in [4.78, 5) is 33.3. The second-order valence-electron chi connectivity index (χ2n) is 7.45. The molecule has 0 unspecified atom stereocenters. The summed E-state index contributed by atoms with van der Waals surface area (Å²) in [5, 5.41) is 11.8. The zero-order valence-electron chi connectivity index (χ0n) is 15.5. The van der Waals surface area contributed by atoms with Gasteiger partial charge in [-0.2, -0.15) is 0 Å². The summed E-state index contributed by atoms with van der Waals surface area (Å²) in [7, 11) is 0. The fraction of sp³-hybridized carbons (Fsp3) is 0.500. The molecule has 3 rings (SSSR count). The molecule has 0 radical (unpaired) electrons. The van der Waals surface area contributed by atoms with Crippen molar-refractivity contribution >= 4 is 34.6 Å². The summed E-state index contributed by atoms with van der Waals surface area (Å²) in [6.45, 7) is 6.86. The van der Waals surface area contributed by atoms with Crippen molar-refractivity contribution in [2.75, 3.05) is 13.1 Å². The maximum absolute atomic E-state index is 12.3. The molecule has 1 aromatic carbocycles. The Kier molecular flexibility index (Phi) is 5.50. The van der Waals surface area contributed by atoms with Crippen molar-refractivity contribution in [1.29, 1.82) is 0 Å². The number of likely N-dealkylation sites (tertiary alicyclic amines) is 1. The molecule has 0 aliphatic carbocycles. The average Bonchev–Trinajstić information content (AvgIpc) is 2.60. The lowest BCUT2D eigenvalue weighted by atomic mass is 10.1. The summed E-state index contributed by atoms with van der Waals surface area (Å²) >= 11 is 1.57. The van der Waals surface area contributed by atoms with Crippen LogP contribution in [0.2, 0.25) is 0 Å². The van der Waals surface area contributed by atoms with E-state index in [2.05, 4.69) is 9.97 Å². The molecule has 1 aromatic heterocycles. The number of aromatic nitrogens is 2. The highest BCUT2D eigenvalue weighted by atomic mass is 32.2. The number of hydrogen-bond donors (Lipinski definition) is 0. The molecule has 2 aromatic rings. The van der Waals surface area contributed by atoms with Gasteiger partial charge >= 0.3 is 6.09 Å². The number of amides is 1. The molecule has 144 valence electrons. The minimum absolute atomic E-state index is 0.00233. The first-order chi connectivity index (χ1) is 12.7. The highest BCUT2D eigenvalue weighted by Crippen LogP contribution is 2.30. The van der Waals surface area contributed by atoms with Crippen molar-refractivity contribution < 1.29 is 14.5 Å². The van der Waals surface area contributed by atoms with E-state index in [0.717, 1.165) is 17.9 Å². The van der Waals surface area contributed by atoms with Gasteiger partial charge in [0, 0.05) is 30.5 Å². The van der Waals surface area contributed by atoms with Gasteiger partial charge in [-0.1, -0.05) is 11.8 Å².